The first kappa shape index (κ1) is 19.2. The Labute approximate surface area is 173 Å². The number of hydrazone groups is 1. The summed E-state index contributed by atoms with van der Waals surface area (Å²) in [5.74, 6) is 0.168. The molecule has 0 atom stereocenters. The SMILES string of the molecule is CC(C)n1ccc2cc(C=NNc3nc(-c4ccccc4)c(C#N)c(=O)[nH]3)ccc21. The van der Waals surface area contributed by atoms with Crippen molar-refractivity contribution in [2.45, 2.75) is 19.9 Å². The molecule has 148 valence electrons. The van der Waals surface area contributed by atoms with Crippen LogP contribution in [0.5, 0.6) is 0 Å². The number of anilines is 1. The van der Waals surface area contributed by atoms with E-state index in [9.17, 15) is 10.1 Å². The van der Waals surface area contributed by atoms with E-state index in [1.54, 1.807) is 18.3 Å². The van der Waals surface area contributed by atoms with Crippen molar-refractivity contribution in [3.63, 3.8) is 0 Å². The van der Waals surface area contributed by atoms with Gasteiger partial charge in [-0.05, 0) is 37.6 Å². The van der Waals surface area contributed by atoms with Gasteiger partial charge in [-0.3, -0.25) is 9.78 Å². The molecule has 0 bridgehead atoms. The van der Waals surface area contributed by atoms with Gasteiger partial charge >= 0.3 is 0 Å². The van der Waals surface area contributed by atoms with Crippen molar-refractivity contribution in [1.29, 1.82) is 5.26 Å². The molecule has 7 nitrogen and oxygen atoms in total. The first-order valence-electron chi connectivity index (χ1n) is 9.56. The minimum absolute atomic E-state index is 0.0316. The lowest BCUT2D eigenvalue weighted by Gasteiger charge is -2.09. The summed E-state index contributed by atoms with van der Waals surface area (Å²) in [4.78, 5) is 19.2. The fourth-order valence-electron chi connectivity index (χ4n) is 3.32. The Hall–Kier alpha value is -4.18. The fraction of sp³-hybridized carbons (Fsp3) is 0.130. The number of rotatable bonds is 5. The topological polar surface area (TPSA) is 98.9 Å². The van der Waals surface area contributed by atoms with Crippen LogP contribution in [0, 0.1) is 11.3 Å². The van der Waals surface area contributed by atoms with Gasteiger partial charge in [-0.2, -0.15) is 10.4 Å². The van der Waals surface area contributed by atoms with Crippen LogP contribution >= 0.6 is 0 Å². The minimum atomic E-state index is -0.513. The Morgan fingerprint density at radius 3 is 2.73 bits per heavy atom. The standard InChI is InChI=1S/C23H20N6O/c1-15(2)29-11-10-18-12-16(8-9-20(18)29)14-25-28-23-26-21(17-6-4-3-5-7-17)19(13-24)22(30)27-23/h3-12,14-15H,1-2H3,(H2,26,27,28,30). The molecule has 0 fully saturated rings. The molecule has 0 aliphatic carbocycles. The summed E-state index contributed by atoms with van der Waals surface area (Å²) in [5, 5.41) is 14.7. The molecule has 4 rings (SSSR count). The van der Waals surface area contributed by atoms with Crippen LogP contribution in [0.2, 0.25) is 0 Å². The van der Waals surface area contributed by atoms with E-state index in [1.165, 1.54) is 5.52 Å². The number of nitrogens with one attached hydrogen (secondary N) is 2. The van der Waals surface area contributed by atoms with E-state index in [0.29, 0.717) is 17.3 Å². The second-order valence-corrected chi connectivity index (χ2v) is 7.12. The lowest BCUT2D eigenvalue weighted by atomic mass is 10.1. The Kier molecular flexibility index (Phi) is 5.14. The number of hydrogen-bond donors (Lipinski definition) is 2. The summed E-state index contributed by atoms with van der Waals surface area (Å²) in [7, 11) is 0. The van der Waals surface area contributed by atoms with Crippen LogP contribution < -0.4 is 11.0 Å². The van der Waals surface area contributed by atoms with Gasteiger partial charge in [-0.1, -0.05) is 36.4 Å². The van der Waals surface area contributed by atoms with E-state index in [0.717, 1.165) is 10.9 Å². The average molecular weight is 396 g/mol. The number of aromatic amines is 1. The Balaban J connectivity index is 1.60. The van der Waals surface area contributed by atoms with E-state index in [-0.39, 0.29) is 11.5 Å². The van der Waals surface area contributed by atoms with Gasteiger partial charge < -0.3 is 4.57 Å². The van der Waals surface area contributed by atoms with Gasteiger partial charge in [0.25, 0.3) is 5.56 Å². The lowest BCUT2D eigenvalue weighted by Crippen LogP contribution is -2.16. The van der Waals surface area contributed by atoms with Crippen LogP contribution in [0.4, 0.5) is 5.95 Å². The van der Waals surface area contributed by atoms with E-state index in [1.807, 2.05) is 36.4 Å². The van der Waals surface area contributed by atoms with Gasteiger partial charge in [0, 0.05) is 28.7 Å². The van der Waals surface area contributed by atoms with Crippen LogP contribution in [-0.4, -0.2) is 20.7 Å². The zero-order chi connectivity index (χ0) is 21.1. The van der Waals surface area contributed by atoms with Crippen molar-refractivity contribution in [1.82, 2.24) is 14.5 Å². The average Bonchev–Trinajstić information content (AvgIpc) is 3.17. The molecule has 0 saturated heterocycles. The van der Waals surface area contributed by atoms with Gasteiger partial charge in [-0.25, -0.2) is 10.4 Å². The third kappa shape index (κ3) is 3.71. The van der Waals surface area contributed by atoms with Gasteiger partial charge in [0.1, 0.15) is 11.6 Å². The van der Waals surface area contributed by atoms with Crippen LogP contribution in [0.3, 0.4) is 0 Å². The lowest BCUT2D eigenvalue weighted by molar-refractivity contribution is 0.623. The number of hydrogen-bond acceptors (Lipinski definition) is 5. The van der Waals surface area contributed by atoms with Crippen molar-refractivity contribution >= 4 is 23.1 Å². The fourth-order valence-corrected chi connectivity index (χ4v) is 3.32. The molecule has 0 unspecified atom stereocenters. The van der Waals surface area contributed by atoms with E-state index in [2.05, 4.69) is 57.2 Å². The number of fused-ring (bicyclic) bond motifs is 1. The predicted octanol–water partition coefficient (Wildman–Crippen LogP) is 4.29. The first-order chi connectivity index (χ1) is 14.6. The number of nitrogens with zero attached hydrogens (tertiary/aromatic N) is 4. The highest BCUT2D eigenvalue weighted by molar-refractivity contribution is 5.89. The number of H-pyrrole nitrogens is 1. The molecule has 2 aromatic heterocycles. The monoisotopic (exact) mass is 396 g/mol. The number of aromatic nitrogens is 3. The quantitative estimate of drug-likeness (QED) is 0.388. The molecular formula is C23H20N6O. The van der Waals surface area contributed by atoms with Crippen molar-refractivity contribution in [3.8, 4) is 17.3 Å². The van der Waals surface area contributed by atoms with Crippen molar-refractivity contribution in [3.05, 3.63) is 82.3 Å². The third-order valence-corrected chi connectivity index (χ3v) is 4.76. The molecule has 2 N–H and O–H groups in total. The molecule has 0 saturated carbocycles. The summed E-state index contributed by atoms with van der Waals surface area (Å²) in [5.41, 5.74) is 5.29. The highest BCUT2D eigenvalue weighted by Gasteiger charge is 2.12. The maximum absolute atomic E-state index is 12.3. The molecular weight excluding hydrogens is 376 g/mol. The summed E-state index contributed by atoms with van der Waals surface area (Å²) >= 11 is 0. The van der Waals surface area contributed by atoms with Crippen LogP contribution in [0.15, 0.2) is 70.7 Å². The molecule has 0 aliphatic rings. The Bertz CT molecular complexity index is 1330. The minimum Gasteiger partial charge on any atom is -0.345 e. The molecule has 0 aliphatic heterocycles. The molecule has 7 heteroatoms. The highest BCUT2D eigenvalue weighted by Crippen LogP contribution is 2.21. The zero-order valence-electron chi connectivity index (χ0n) is 16.6. The summed E-state index contributed by atoms with van der Waals surface area (Å²) in [6, 6.07) is 19.6. The van der Waals surface area contributed by atoms with Crippen LogP contribution in [0.1, 0.15) is 31.0 Å². The number of nitriles is 1. The largest absolute Gasteiger partial charge is 0.345 e. The summed E-state index contributed by atoms with van der Waals surface area (Å²) < 4.78 is 2.21. The molecule has 4 aromatic rings. The number of benzene rings is 2. The zero-order valence-corrected chi connectivity index (χ0v) is 16.6. The first-order valence-corrected chi connectivity index (χ1v) is 9.56. The van der Waals surface area contributed by atoms with Crippen molar-refractivity contribution < 1.29 is 0 Å². The van der Waals surface area contributed by atoms with Gasteiger partial charge in [-0.15, -0.1) is 0 Å². The maximum atomic E-state index is 12.3. The second-order valence-electron chi connectivity index (χ2n) is 7.12. The predicted molar refractivity (Wildman–Crippen MR) is 119 cm³/mol. The normalized spacial score (nSPS) is 11.3. The van der Waals surface area contributed by atoms with Gasteiger partial charge in [0.05, 0.1) is 11.9 Å². The summed E-state index contributed by atoms with van der Waals surface area (Å²) in [6.45, 7) is 4.29. The Morgan fingerprint density at radius 2 is 2.00 bits per heavy atom. The molecule has 2 aromatic carbocycles. The third-order valence-electron chi connectivity index (χ3n) is 4.76. The van der Waals surface area contributed by atoms with E-state index >= 15 is 0 Å². The smallest absolute Gasteiger partial charge is 0.270 e. The summed E-state index contributed by atoms with van der Waals surface area (Å²) in [6.07, 6.45) is 3.73. The van der Waals surface area contributed by atoms with Gasteiger partial charge in [0.2, 0.25) is 5.95 Å². The van der Waals surface area contributed by atoms with Crippen LogP contribution in [0.25, 0.3) is 22.2 Å². The van der Waals surface area contributed by atoms with E-state index in [4.69, 9.17) is 0 Å². The highest BCUT2D eigenvalue weighted by atomic mass is 16.1. The second kappa shape index (κ2) is 8.05. The van der Waals surface area contributed by atoms with E-state index < -0.39 is 5.56 Å². The molecule has 0 radical (unpaired) electrons. The van der Waals surface area contributed by atoms with Crippen LogP contribution in [-0.2, 0) is 0 Å². The molecule has 0 amide bonds. The molecule has 30 heavy (non-hydrogen) atoms. The van der Waals surface area contributed by atoms with Crippen molar-refractivity contribution in [2.24, 2.45) is 5.10 Å². The van der Waals surface area contributed by atoms with Gasteiger partial charge in [0.15, 0.2) is 0 Å². The maximum Gasteiger partial charge on any atom is 0.270 e. The molecule has 0 spiro atoms. The van der Waals surface area contributed by atoms with Crippen molar-refractivity contribution in [2.75, 3.05) is 5.43 Å². The Morgan fingerprint density at radius 1 is 1.20 bits per heavy atom. The molecule has 2 heterocycles.